The van der Waals surface area contributed by atoms with Crippen LogP contribution in [0.1, 0.15) is 30.2 Å². The SMILES string of the molecule is Cc1nc([C@@H]2CN(C(=O)[C@@H](C)Oc3ccc(C#N)cc3)CCO2)n[nH]1. The second-order valence-electron chi connectivity index (χ2n) is 5.82. The van der Waals surface area contributed by atoms with Gasteiger partial charge in [-0.1, -0.05) is 0 Å². The van der Waals surface area contributed by atoms with E-state index in [1.54, 1.807) is 36.1 Å². The van der Waals surface area contributed by atoms with E-state index in [0.29, 0.717) is 42.7 Å². The van der Waals surface area contributed by atoms with Crippen LogP contribution in [-0.4, -0.2) is 51.8 Å². The van der Waals surface area contributed by atoms with Crippen molar-refractivity contribution in [2.24, 2.45) is 0 Å². The molecular formula is C17H19N5O3. The fourth-order valence-electron chi connectivity index (χ4n) is 2.63. The molecule has 3 rings (SSSR count). The molecule has 1 fully saturated rings. The van der Waals surface area contributed by atoms with Gasteiger partial charge in [-0.2, -0.15) is 10.4 Å². The van der Waals surface area contributed by atoms with Gasteiger partial charge < -0.3 is 14.4 Å². The maximum atomic E-state index is 12.7. The molecule has 8 nitrogen and oxygen atoms in total. The number of carbonyl (C=O) groups is 1. The molecule has 1 aliphatic rings. The highest BCUT2D eigenvalue weighted by molar-refractivity contribution is 5.81. The highest BCUT2D eigenvalue weighted by atomic mass is 16.5. The second-order valence-corrected chi connectivity index (χ2v) is 5.82. The van der Waals surface area contributed by atoms with Gasteiger partial charge in [-0.25, -0.2) is 4.98 Å². The number of H-pyrrole nitrogens is 1. The first-order valence-electron chi connectivity index (χ1n) is 8.03. The van der Waals surface area contributed by atoms with Gasteiger partial charge in [0.05, 0.1) is 24.8 Å². The number of aromatic nitrogens is 3. The lowest BCUT2D eigenvalue weighted by atomic mass is 10.2. The maximum absolute atomic E-state index is 12.7. The van der Waals surface area contributed by atoms with Crippen molar-refractivity contribution in [3.8, 4) is 11.8 Å². The average Bonchev–Trinajstić information content (AvgIpc) is 3.08. The fraction of sp³-hybridized carbons (Fsp3) is 0.412. The first kappa shape index (κ1) is 16.9. The molecule has 0 aliphatic carbocycles. The third-order valence-electron chi connectivity index (χ3n) is 3.92. The van der Waals surface area contributed by atoms with Crippen LogP contribution in [0.3, 0.4) is 0 Å². The van der Waals surface area contributed by atoms with Crippen LogP contribution in [0.15, 0.2) is 24.3 Å². The van der Waals surface area contributed by atoms with Crippen LogP contribution in [0.4, 0.5) is 0 Å². The molecule has 2 heterocycles. The molecular weight excluding hydrogens is 322 g/mol. The molecule has 8 heteroatoms. The van der Waals surface area contributed by atoms with Crippen LogP contribution in [0.25, 0.3) is 0 Å². The second kappa shape index (κ2) is 7.32. The monoisotopic (exact) mass is 341 g/mol. The number of rotatable bonds is 4. The zero-order valence-corrected chi connectivity index (χ0v) is 14.1. The van der Waals surface area contributed by atoms with Crippen LogP contribution < -0.4 is 4.74 Å². The van der Waals surface area contributed by atoms with Crippen LogP contribution >= 0.6 is 0 Å². The van der Waals surface area contributed by atoms with E-state index >= 15 is 0 Å². The van der Waals surface area contributed by atoms with Gasteiger partial charge in [0.2, 0.25) is 0 Å². The largest absolute Gasteiger partial charge is 0.481 e. The summed E-state index contributed by atoms with van der Waals surface area (Å²) in [7, 11) is 0. The van der Waals surface area contributed by atoms with Gasteiger partial charge in [0.15, 0.2) is 11.9 Å². The van der Waals surface area contributed by atoms with Gasteiger partial charge in [0.1, 0.15) is 17.7 Å². The van der Waals surface area contributed by atoms with Crippen molar-refractivity contribution in [1.82, 2.24) is 20.1 Å². The predicted octanol–water partition coefficient (Wildman–Crippen LogP) is 1.35. The normalized spacial score (nSPS) is 18.4. The fourth-order valence-corrected chi connectivity index (χ4v) is 2.63. The smallest absolute Gasteiger partial charge is 0.263 e. The molecule has 2 aromatic rings. The molecule has 25 heavy (non-hydrogen) atoms. The Labute approximate surface area is 145 Å². The number of nitrogens with one attached hydrogen (secondary N) is 1. The molecule has 1 saturated heterocycles. The van der Waals surface area contributed by atoms with Crippen LogP contribution in [-0.2, 0) is 9.53 Å². The Morgan fingerprint density at radius 3 is 2.88 bits per heavy atom. The number of nitriles is 1. The third kappa shape index (κ3) is 3.95. The minimum atomic E-state index is -0.638. The number of benzene rings is 1. The van der Waals surface area contributed by atoms with Crippen molar-refractivity contribution in [2.45, 2.75) is 26.1 Å². The van der Waals surface area contributed by atoms with Gasteiger partial charge in [0.25, 0.3) is 5.91 Å². The van der Waals surface area contributed by atoms with Crippen molar-refractivity contribution in [3.05, 3.63) is 41.5 Å². The summed E-state index contributed by atoms with van der Waals surface area (Å²) in [5.41, 5.74) is 0.546. The number of aromatic amines is 1. The lowest BCUT2D eigenvalue weighted by Gasteiger charge is -2.33. The van der Waals surface area contributed by atoms with Crippen molar-refractivity contribution in [2.75, 3.05) is 19.7 Å². The Morgan fingerprint density at radius 2 is 2.24 bits per heavy atom. The lowest BCUT2D eigenvalue weighted by molar-refractivity contribution is -0.146. The zero-order chi connectivity index (χ0) is 17.8. The summed E-state index contributed by atoms with van der Waals surface area (Å²) in [6.45, 7) is 4.84. The highest BCUT2D eigenvalue weighted by Gasteiger charge is 2.30. The number of nitrogens with zero attached hydrogens (tertiary/aromatic N) is 4. The Hall–Kier alpha value is -2.92. The van der Waals surface area contributed by atoms with E-state index in [1.807, 2.05) is 13.0 Å². The zero-order valence-electron chi connectivity index (χ0n) is 14.1. The molecule has 1 aliphatic heterocycles. The van der Waals surface area contributed by atoms with Crippen molar-refractivity contribution in [3.63, 3.8) is 0 Å². The molecule has 0 spiro atoms. The lowest BCUT2D eigenvalue weighted by Crippen LogP contribution is -2.47. The van der Waals surface area contributed by atoms with E-state index in [4.69, 9.17) is 14.7 Å². The molecule has 0 bridgehead atoms. The van der Waals surface area contributed by atoms with E-state index < -0.39 is 6.10 Å². The minimum absolute atomic E-state index is 0.120. The van der Waals surface area contributed by atoms with E-state index in [0.717, 1.165) is 0 Å². The van der Waals surface area contributed by atoms with Crippen molar-refractivity contribution < 1.29 is 14.3 Å². The Morgan fingerprint density at radius 1 is 1.48 bits per heavy atom. The quantitative estimate of drug-likeness (QED) is 0.900. The molecule has 1 N–H and O–H groups in total. The maximum Gasteiger partial charge on any atom is 0.263 e. The number of ether oxygens (including phenoxy) is 2. The molecule has 0 radical (unpaired) electrons. The Bertz CT molecular complexity index is 780. The van der Waals surface area contributed by atoms with Crippen molar-refractivity contribution >= 4 is 5.91 Å². The molecule has 130 valence electrons. The molecule has 1 amide bonds. The van der Waals surface area contributed by atoms with Crippen LogP contribution in [0.2, 0.25) is 0 Å². The van der Waals surface area contributed by atoms with Gasteiger partial charge in [-0.15, -0.1) is 0 Å². The van der Waals surface area contributed by atoms with Gasteiger partial charge in [0, 0.05) is 6.54 Å². The summed E-state index contributed by atoms with van der Waals surface area (Å²) in [5.74, 6) is 1.69. The highest BCUT2D eigenvalue weighted by Crippen LogP contribution is 2.21. The summed E-state index contributed by atoms with van der Waals surface area (Å²) in [5, 5.41) is 15.7. The van der Waals surface area contributed by atoms with E-state index in [1.165, 1.54) is 0 Å². The molecule has 1 aromatic carbocycles. The van der Waals surface area contributed by atoms with E-state index in [9.17, 15) is 4.79 Å². The van der Waals surface area contributed by atoms with E-state index in [2.05, 4.69) is 15.2 Å². The first-order valence-corrected chi connectivity index (χ1v) is 8.03. The van der Waals surface area contributed by atoms with Crippen LogP contribution in [0.5, 0.6) is 5.75 Å². The summed E-state index contributed by atoms with van der Waals surface area (Å²) in [6, 6.07) is 8.72. The number of hydrogen-bond acceptors (Lipinski definition) is 6. The summed E-state index contributed by atoms with van der Waals surface area (Å²) < 4.78 is 11.4. The first-order chi connectivity index (χ1) is 12.1. The number of carbonyl (C=O) groups excluding carboxylic acids is 1. The Kier molecular flexibility index (Phi) is 4.95. The summed E-state index contributed by atoms with van der Waals surface area (Å²) in [6.07, 6.45) is -0.981. The average molecular weight is 341 g/mol. The molecule has 0 saturated carbocycles. The van der Waals surface area contributed by atoms with Gasteiger partial charge in [-0.3, -0.25) is 9.89 Å². The van der Waals surface area contributed by atoms with Crippen molar-refractivity contribution in [1.29, 1.82) is 5.26 Å². The molecule has 2 atom stereocenters. The number of amides is 1. The predicted molar refractivity (Wildman–Crippen MR) is 87.6 cm³/mol. The third-order valence-corrected chi connectivity index (χ3v) is 3.92. The van der Waals surface area contributed by atoms with Gasteiger partial charge in [-0.05, 0) is 38.1 Å². The number of aryl methyl sites for hydroxylation is 1. The number of morpholine rings is 1. The summed E-state index contributed by atoms with van der Waals surface area (Å²) in [4.78, 5) is 18.6. The minimum Gasteiger partial charge on any atom is -0.481 e. The van der Waals surface area contributed by atoms with Gasteiger partial charge >= 0.3 is 0 Å². The van der Waals surface area contributed by atoms with E-state index in [-0.39, 0.29) is 12.0 Å². The standard InChI is InChI=1S/C17H19N5O3/c1-11(25-14-5-3-13(9-18)4-6-14)17(23)22-7-8-24-15(10-22)16-19-12(2)20-21-16/h3-6,11,15H,7-8,10H2,1-2H3,(H,19,20,21)/t11-,15+/m1/s1. The molecule has 0 unspecified atom stereocenters. The summed E-state index contributed by atoms with van der Waals surface area (Å²) >= 11 is 0. The molecule has 1 aromatic heterocycles. The Balaban J connectivity index is 1.61. The van der Waals surface area contributed by atoms with Crippen LogP contribution in [0, 0.1) is 18.3 Å². The topological polar surface area (TPSA) is 104 Å². The number of hydrogen-bond donors (Lipinski definition) is 1.